The number of carbonyl (C=O) groups is 1. The third-order valence-corrected chi connectivity index (χ3v) is 5.63. The van der Waals surface area contributed by atoms with Gasteiger partial charge < -0.3 is 4.90 Å². The summed E-state index contributed by atoms with van der Waals surface area (Å²) >= 11 is 1.58. The van der Waals surface area contributed by atoms with Gasteiger partial charge in [-0.3, -0.25) is 9.69 Å². The lowest BCUT2D eigenvalue weighted by molar-refractivity contribution is -0.130. The molecule has 146 valence electrons. The summed E-state index contributed by atoms with van der Waals surface area (Å²) in [7, 11) is 0. The van der Waals surface area contributed by atoms with Crippen LogP contribution in [-0.2, 0) is 17.1 Å². The smallest absolute Gasteiger partial charge is 0.232 e. The van der Waals surface area contributed by atoms with Crippen molar-refractivity contribution in [1.29, 1.82) is 0 Å². The van der Waals surface area contributed by atoms with Crippen LogP contribution in [0.2, 0.25) is 0 Å². The number of nitrogens with zero attached hydrogens (tertiary/aromatic N) is 6. The van der Waals surface area contributed by atoms with E-state index in [0.29, 0.717) is 11.5 Å². The van der Waals surface area contributed by atoms with Gasteiger partial charge in [-0.2, -0.15) is 0 Å². The van der Waals surface area contributed by atoms with Gasteiger partial charge in [0.05, 0.1) is 17.5 Å². The fraction of sp³-hybridized carbons (Fsp3) is 0.579. The summed E-state index contributed by atoms with van der Waals surface area (Å²) in [4.78, 5) is 16.9. The topological polar surface area (TPSA) is 67.2 Å². The lowest BCUT2D eigenvalue weighted by Gasteiger charge is -2.34. The summed E-state index contributed by atoms with van der Waals surface area (Å²) in [5.41, 5.74) is 2.63. The predicted molar refractivity (Wildman–Crippen MR) is 107 cm³/mol. The number of thioether (sulfide) groups is 1. The summed E-state index contributed by atoms with van der Waals surface area (Å²) in [5, 5.41) is 11.8. The van der Waals surface area contributed by atoms with E-state index < -0.39 is 0 Å². The second kappa shape index (κ2) is 9.32. The van der Waals surface area contributed by atoms with Gasteiger partial charge in [0, 0.05) is 32.7 Å². The van der Waals surface area contributed by atoms with Crippen LogP contribution in [0, 0.1) is 6.92 Å². The van der Waals surface area contributed by atoms with E-state index in [0.717, 1.165) is 38.5 Å². The average molecular weight is 389 g/mol. The highest BCUT2D eigenvalue weighted by molar-refractivity contribution is 7.99. The van der Waals surface area contributed by atoms with Gasteiger partial charge >= 0.3 is 0 Å². The molecule has 0 bridgehead atoms. The molecule has 1 fully saturated rings. The molecule has 1 amide bonds. The summed E-state index contributed by atoms with van der Waals surface area (Å²) < 4.78 is 1.81. The van der Waals surface area contributed by atoms with Gasteiger partial charge in [-0.05, 0) is 36.8 Å². The number of tetrazole rings is 1. The lowest BCUT2D eigenvalue weighted by atomic mass is 10.1. The van der Waals surface area contributed by atoms with Crippen molar-refractivity contribution >= 4 is 17.7 Å². The van der Waals surface area contributed by atoms with Crippen molar-refractivity contribution in [2.24, 2.45) is 0 Å². The molecule has 1 saturated heterocycles. The molecule has 1 aromatic carbocycles. The van der Waals surface area contributed by atoms with Crippen molar-refractivity contribution in [3.63, 3.8) is 0 Å². The van der Waals surface area contributed by atoms with E-state index in [1.54, 1.807) is 11.8 Å². The maximum atomic E-state index is 12.5. The van der Waals surface area contributed by atoms with Crippen molar-refractivity contribution in [3.8, 4) is 0 Å². The van der Waals surface area contributed by atoms with Crippen molar-refractivity contribution in [2.45, 2.75) is 39.1 Å². The predicted octanol–water partition coefficient (Wildman–Crippen LogP) is 2.14. The first-order valence-corrected chi connectivity index (χ1v) is 10.6. The molecule has 3 rings (SSSR count). The van der Waals surface area contributed by atoms with E-state index in [1.807, 2.05) is 23.4 Å². The average Bonchev–Trinajstić information content (AvgIpc) is 3.11. The largest absolute Gasteiger partial charge is 0.339 e. The molecule has 1 aromatic heterocycles. The number of aromatic nitrogens is 4. The summed E-state index contributed by atoms with van der Waals surface area (Å²) in [6.45, 7) is 10.6. The highest BCUT2D eigenvalue weighted by atomic mass is 32.2. The Bertz CT molecular complexity index is 754. The molecule has 2 aromatic rings. The fourth-order valence-electron chi connectivity index (χ4n) is 3.25. The zero-order chi connectivity index (χ0) is 19.2. The zero-order valence-electron chi connectivity index (χ0n) is 16.3. The van der Waals surface area contributed by atoms with Crippen molar-refractivity contribution < 1.29 is 4.79 Å². The third-order valence-electron chi connectivity index (χ3n) is 4.72. The Balaban J connectivity index is 1.40. The Morgan fingerprint density at radius 2 is 2.00 bits per heavy atom. The normalized spacial score (nSPS) is 15.5. The van der Waals surface area contributed by atoms with Gasteiger partial charge in [-0.15, -0.1) is 16.9 Å². The van der Waals surface area contributed by atoms with Crippen LogP contribution in [0.5, 0.6) is 0 Å². The first-order chi connectivity index (χ1) is 13.0. The van der Waals surface area contributed by atoms with Gasteiger partial charge in [-0.25, -0.2) is 4.68 Å². The SMILES string of the molecule is Cc1cccc(CN2CCN(C(=O)CSCc3nnnn3C(C)C)CC2)c1. The minimum atomic E-state index is 0.207. The van der Waals surface area contributed by atoms with Crippen LogP contribution in [0.1, 0.15) is 36.8 Å². The van der Waals surface area contributed by atoms with Crippen LogP contribution < -0.4 is 0 Å². The van der Waals surface area contributed by atoms with E-state index in [2.05, 4.69) is 51.6 Å². The Morgan fingerprint density at radius 1 is 1.22 bits per heavy atom. The molecule has 8 heteroatoms. The summed E-state index contributed by atoms with van der Waals surface area (Å²) in [6, 6.07) is 8.87. The van der Waals surface area contributed by atoms with E-state index in [9.17, 15) is 4.79 Å². The van der Waals surface area contributed by atoms with Crippen LogP contribution in [0.3, 0.4) is 0 Å². The molecule has 0 radical (unpaired) electrons. The van der Waals surface area contributed by atoms with Crippen molar-refractivity contribution in [3.05, 3.63) is 41.2 Å². The number of hydrogen-bond acceptors (Lipinski definition) is 6. The molecule has 0 unspecified atom stereocenters. The van der Waals surface area contributed by atoms with Gasteiger partial charge in [-0.1, -0.05) is 29.8 Å². The number of amides is 1. The molecule has 0 aliphatic carbocycles. The molecule has 1 aliphatic heterocycles. The minimum absolute atomic E-state index is 0.207. The lowest BCUT2D eigenvalue weighted by Crippen LogP contribution is -2.48. The standard InChI is InChI=1S/C19H28N6OS/c1-15(2)25-18(20-21-22-25)13-27-14-19(26)24-9-7-23(8-10-24)12-17-6-4-5-16(3)11-17/h4-6,11,15H,7-10,12-14H2,1-3H3. The third kappa shape index (κ3) is 5.52. The van der Waals surface area contributed by atoms with Gasteiger partial charge in [0.1, 0.15) is 0 Å². The van der Waals surface area contributed by atoms with Gasteiger partial charge in [0.2, 0.25) is 5.91 Å². The van der Waals surface area contributed by atoms with Crippen molar-refractivity contribution in [1.82, 2.24) is 30.0 Å². The zero-order valence-corrected chi connectivity index (χ0v) is 17.2. The quantitative estimate of drug-likeness (QED) is 0.724. The molecule has 27 heavy (non-hydrogen) atoms. The molecular weight excluding hydrogens is 360 g/mol. The number of rotatable bonds is 7. The molecule has 7 nitrogen and oxygen atoms in total. The molecule has 1 aliphatic rings. The highest BCUT2D eigenvalue weighted by Gasteiger charge is 2.21. The number of hydrogen-bond donors (Lipinski definition) is 0. The van der Waals surface area contributed by atoms with E-state index in [1.165, 1.54) is 11.1 Å². The molecular formula is C19H28N6OS. The van der Waals surface area contributed by atoms with Crippen LogP contribution in [-0.4, -0.2) is 67.8 Å². The maximum absolute atomic E-state index is 12.5. The van der Waals surface area contributed by atoms with Gasteiger partial charge in [0.15, 0.2) is 5.82 Å². The molecule has 2 heterocycles. The molecule has 0 atom stereocenters. The van der Waals surface area contributed by atoms with Crippen molar-refractivity contribution in [2.75, 3.05) is 31.9 Å². The Kier molecular flexibility index (Phi) is 6.84. The van der Waals surface area contributed by atoms with Crippen LogP contribution >= 0.6 is 11.8 Å². The van der Waals surface area contributed by atoms with Crippen LogP contribution in [0.15, 0.2) is 24.3 Å². The van der Waals surface area contributed by atoms with E-state index in [-0.39, 0.29) is 11.9 Å². The summed E-state index contributed by atoms with van der Waals surface area (Å²) in [6.07, 6.45) is 0. The molecule has 0 spiro atoms. The van der Waals surface area contributed by atoms with E-state index in [4.69, 9.17) is 0 Å². The number of benzene rings is 1. The second-order valence-electron chi connectivity index (χ2n) is 7.27. The molecule has 0 saturated carbocycles. The van der Waals surface area contributed by atoms with Crippen LogP contribution in [0.4, 0.5) is 0 Å². The fourth-order valence-corrected chi connectivity index (χ4v) is 4.09. The first kappa shape index (κ1) is 19.8. The maximum Gasteiger partial charge on any atom is 0.232 e. The summed E-state index contributed by atoms with van der Waals surface area (Å²) in [5.74, 6) is 2.16. The number of aryl methyl sites for hydroxylation is 1. The van der Waals surface area contributed by atoms with E-state index >= 15 is 0 Å². The monoisotopic (exact) mass is 388 g/mol. The minimum Gasteiger partial charge on any atom is -0.339 e. The Hall–Kier alpha value is -1.93. The van der Waals surface area contributed by atoms with Gasteiger partial charge in [0.25, 0.3) is 0 Å². The number of carbonyl (C=O) groups excluding carboxylic acids is 1. The van der Waals surface area contributed by atoms with Crippen LogP contribution in [0.25, 0.3) is 0 Å². The highest BCUT2D eigenvalue weighted by Crippen LogP contribution is 2.15. The Labute approximate surface area is 165 Å². The number of piperazine rings is 1. The molecule has 0 N–H and O–H groups in total. The Morgan fingerprint density at radius 3 is 2.70 bits per heavy atom. The first-order valence-electron chi connectivity index (χ1n) is 9.43. The second-order valence-corrected chi connectivity index (χ2v) is 8.26.